The standard InChI is InChI=1S/C17H9Cl3N2OS/c18-10-7-12(19)14-13(8-10)24-16(15(14)20)17(23)22-11-3-1-9(2-4-11)5-6-21/h1-4,7-8H,5H2,(H,22,23). The van der Waals surface area contributed by atoms with Crippen molar-refractivity contribution < 1.29 is 4.79 Å². The maximum atomic E-state index is 12.5. The van der Waals surface area contributed by atoms with Gasteiger partial charge in [-0.15, -0.1) is 11.3 Å². The second-order valence-corrected chi connectivity index (χ2v) is 7.27. The van der Waals surface area contributed by atoms with Gasteiger partial charge >= 0.3 is 0 Å². The van der Waals surface area contributed by atoms with E-state index in [0.717, 1.165) is 10.3 Å². The Morgan fingerprint density at radius 2 is 1.88 bits per heavy atom. The molecule has 0 unspecified atom stereocenters. The first-order chi connectivity index (χ1) is 11.5. The predicted octanol–water partition coefficient (Wildman–Crippen LogP) is 6.18. The van der Waals surface area contributed by atoms with E-state index in [1.807, 2.05) is 0 Å². The van der Waals surface area contributed by atoms with Crippen molar-refractivity contribution in [3.8, 4) is 6.07 Å². The number of fused-ring (bicyclic) bond motifs is 1. The fraction of sp³-hybridized carbons (Fsp3) is 0.0588. The van der Waals surface area contributed by atoms with Gasteiger partial charge in [0, 0.05) is 20.8 Å². The molecule has 0 aliphatic heterocycles. The molecule has 0 saturated carbocycles. The van der Waals surface area contributed by atoms with Crippen LogP contribution in [0.5, 0.6) is 0 Å². The maximum absolute atomic E-state index is 12.5. The van der Waals surface area contributed by atoms with Crippen LogP contribution in [-0.4, -0.2) is 5.91 Å². The van der Waals surface area contributed by atoms with Gasteiger partial charge in [0.15, 0.2) is 0 Å². The second-order valence-electron chi connectivity index (χ2n) is 4.99. The van der Waals surface area contributed by atoms with E-state index in [9.17, 15) is 4.79 Å². The fourth-order valence-corrected chi connectivity index (χ4v) is 4.52. The Bertz CT molecular complexity index is 974. The van der Waals surface area contributed by atoms with Gasteiger partial charge in [-0.2, -0.15) is 5.26 Å². The Balaban J connectivity index is 1.90. The third-order valence-corrected chi connectivity index (χ3v) is 5.49. The van der Waals surface area contributed by atoms with Crippen LogP contribution >= 0.6 is 46.1 Å². The highest BCUT2D eigenvalue weighted by Gasteiger charge is 2.19. The normalized spacial score (nSPS) is 10.6. The molecular formula is C17H9Cl3N2OS. The number of rotatable bonds is 3. The van der Waals surface area contributed by atoms with Crippen LogP contribution < -0.4 is 5.32 Å². The van der Waals surface area contributed by atoms with Gasteiger partial charge in [-0.05, 0) is 29.8 Å². The van der Waals surface area contributed by atoms with E-state index >= 15 is 0 Å². The van der Waals surface area contributed by atoms with Gasteiger partial charge in [-0.25, -0.2) is 0 Å². The van der Waals surface area contributed by atoms with Crippen LogP contribution in [-0.2, 0) is 6.42 Å². The minimum absolute atomic E-state index is 0.315. The fourth-order valence-electron chi connectivity index (χ4n) is 2.24. The van der Waals surface area contributed by atoms with Crippen molar-refractivity contribution in [3.63, 3.8) is 0 Å². The number of nitrogens with one attached hydrogen (secondary N) is 1. The number of anilines is 1. The van der Waals surface area contributed by atoms with Crippen LogP contribution in [0.15, 0.2) is 36.4 Å². The third kappa shape index (κ3) is 3.35. The predicted molar refractivity (Wildman–Crippen MR) is 101 cm³/mol. The number of amides is 1. The monoisotopic (exact) mass is 394 g/mol. The third-order valence-electron chi connectivity index (χ3n) is 3.35. The van der Waals surface area contributed by atoms with Crippen LogP contribution in [0.3, 0.4) is 0 Å². The highest BCUT2D eigenvalue weighted by molar-refractivity contribution is 7.21. The zero-order valence-corrected chi connectivity index (χ0v) is 15.2. The minimum atomic E-state index is -0.318. The van der Waals surface area contributed by atoms with Crippen molar-refractivity contribution in [1.29, 1.82) is 5.26 Å². The molecule has 120 valence electrons. The number of nitriles is 1. The first kappa shape index (κ1) is 17.1. The van der Waals surface area contributed by atoms with Gasteiger partial charge in [0.05, 0.1) is 22.5 Å². The van der Waals surface area contributed by atoms with E-state index in [-0.39, 0.29) is 5.91 Å². The number of carbonyl (C=O) groups is 1. The quantitative estimate of drug-likeness (QED) is 0.575. The average Bonchev–Trinajstić information content (AvgIpc) is 2.86. The largest absolute Gasteiger partial charge is 0.321 e. The van der Waals surface area contributed by atoms with E-state index in [2.05, 4.69) is 11.4 Å². The number of hydrogen-bond donors (Lipinski definition) is 1. The van der Waals surface area contributed by atoms with Gasteiger partial charge in [0.2, 0.25) is 0 Å². The van der Waals surface area contributed by atoms with Crippen LogP contribution in [0.4, 0.5) is 5.69 Å². The van der Waals surface area contributed by atoms with Crippen molar-refractivity contribution in [2.75, 3.05) is 5.32 Å². The van der Waals surface area contributed by atoms with E-state index in [4.69, 9.17) is 40.1 Å². The van der Waals surface area contributed by atoms with Crippen molar-refractivity contribution >= 4 is 67.8 Å². The summed E-state index contributed by atoms with van der Waals surface area (Å²) in [7, 11) is 0. The molecule has 0 fully saturated rings. The molecule has 1 aromatic heterocycles. The van der Waals surface area contributed by atoms with Gasteiger partial charge in [0.1, 0.15) is 4.88 Å². The average molecular weight is 396 g/mol. The minimum Gasteiger partial charge on any atom is -0.321 e. The smallest absolute Gasteiger partial charge is 0.267 e. The van der Waals surface area contributed by atoms with E-state index in [0.29, 0.717) is 37.4 Å². The summed E-state index contributed by atoms with van der Waals surface area (Å²) >= 11 is 19.7. The lowest BCUT2D eigenvalue weighted by Gasteiger charge is -2.04. The molecule has 7 heteroatoms. The van der Waals surface area contributed by atoms with Gasteiger partial charge in [-0.3, -0.25) is 4.79 Å². The van der Waals surface area contributed by atoms with Gasteiger partial charge in [0.25, 0.3) is 5.91 Å². The zero-order valence-electron chi connectivity index (χ0n) is 12.1. The van der Waals surface area contributed by atoms with Crippen LogP contribution in [0.25, 0.3) is 10.1 Å². The Kier molecular flexibility index (Phi) is 4.98. The van der Waals surface area contributed by atoms with Crippen LogP contribution in [0, 0.1) is 11.3 Å². The molecule has 1 N–H and O–H groups in total. The number of halogens is 3. The lowest BCUT2D eigenvalue weighted by atomic mass is 10.1. The first-order valence-electron chi connectivity index (χ1n) is 6.84. The molecule has 1 heterocycles. The number of thiophene rings is 1. The second kappa shape index (κ2) is 7.00. The molecule has 0 atom stereocenters. The Hall–Kier alpha value is -1.77. The number of hydrogen-bond acceptors (Lipinski definition) is 3. The maximum Gasteiger partial charge on any atom is 0.267 e. The van der Waals surface area contributed by atoms with Crippen molar-refractivity contribution in [2.24, 2.45) is 0 Å². The van der Waals surface area contributed by atoms with E-state index in [1.165, 1.54) is 11.3 Å². The van der Waals surface area contributed by atoms with Gasteiger partial charge in [-0.1, -0.05) is 46.9 Å². The number of benzene rings is 2. The summed E-state index contributed by atoms with van der Waals surface area (Å²) in [5, 5.41) is 13.3. The molecule has 2 aromatic carbocycles. The highest BCUT2D eigenvalue weighted by Crippen LogP contribution is 2.41. The Morgan fingerprint density at radius 1 is 1.17 bits per heavy atom. The van der Waals surface area contributed by atoms with E-state index < -0.39 is 0 Å². The number of carbonyl (C=O) groups excluding carboxylic acids is 1. The molecule has 0 spiro atoms. The van der Waals surface area contributed by atoms with Crippen LogP contribution in [0.2, 0.25) is 15.1 Å². The highest BCUT2D eigenvalue weighted by atomic mass is 35.5. The molecule has 1 amide bonds. The summed E-state index contributed by atoms with van der Waals surface area (Å²) in [6, 6.07) is 12.5. The zero-order chi connectivity index (χ0) is 17.3. The van der Waals surface area contributed by atoms with Crippen molar-refractivity contribution in [3.05, 3.63) is 61.9 Å². The lowest BCUT2D eigenvalue weighted by Crippen LogP contribution is -2.10. The SMILES string of the molecule is N#CCc1ccc(NC(=O)c2sc3cc(Cl)cc(Cl)c3c2Cl)cc1. The molecule has 0 radical (unpaired) electrons. The Morgan fingerprint density at radius 3 is 2.54 bits per heavy atom. The topological polar surface area (TPSA) is 52.9 Å². The molecule has 3 aromatic rings. The van der Waals surface area contributed by atoms with Crippen molar-refractivity contribution in [2.45, 2.75) is 6.42 Å². The molecule has 0 saturated heterocycles. The molecule has 24 heavy (non-hydrogen) atoms. The Labute approximate surface area is 157 Å². The summed E-state index contributed by atoms with van der Waals surface area (Å²) in [5.41, 5.74) is 1.51. The molecule has 0 aliphatic carbocycles. The molecule has 3 nitrogen and oxygen atoms in total. The number of nitrogens with zero attached hydrogens (tertiary/aromatic N) is 1. The summed E-state index contributed by atoms with van der Waals surface area (Å²) < 4.78 is 0.756. The summed E-state index contributed by atoms with van der Waals surface area (Å²) in [5.74, 6) is -0.318. The van der Waals surface area contributed by atoms with Gasteiger partial charge < -0.3 is 5.32 Å². The lowest BCUT2D eigenvalue weighted by molar-refractivity contribution is 0.103. The molecule has 0 aliphatic rings. The van der Waals surface area contributed by atoms with Crippen molar-refractivity contribution in [1.82, 2.24) is 0 Å². The summed E-state index contributed by atoms with van der Waals surface area (Å²) in [6.07, 6.45) is 0.329. The molecule has 3 rings (SSSR count). The summed E-state index contributed by atoms with van der Waals surface area (Å²) in [6.45, 7) is 0. The first-order valence-corrected chi connectivity index (χ1v) is 8.79. The molecular weight excluding hydrogens is 387 g/mol. The molecule has 0 bridgehead atoms. The summed E-state index contributed by atoms with van der Waals surface area (Å²) in [4.78, 5) is 12.9. The van der Waals surface area contributed by atoms with Crippen LogP contribution in [0.1, 0.15) is 15.2 Å². The van der Waals surface area contributed by atoms with E-state index in [1.54, 1.807) is 36.4 Å².